The van der Waals surface area contributed by atoms with E-state index in [0.29, 0.717) is 13.1 Å². The normalized spacial score (nSPS) is 17.4. The summed E-state index contributed by atoms with van der Waals surface area (Å²) in [5.74, 6) is 2.36. The van der Waals surface area contributed by atoms with Crippen LogP contribution < -0.4 is 10.2 Å². The van der Waals surface area contributed by atoms with Crippen LogP contribution in [0.25, 0.3) is 11.0 Å². The average Bonchev–Trinajstić information content (AvgIpc) is 3.17. The van der Waals surface area contributed by atoms with Gasteiger partial charge in [0.15, 0.2) is 10.8 Å². The number of amides is 1. The van der Waals surface area contributed by atoms with Crippen molar-refractivity contribution in [2.24, 2.45) is 5.92 Å². The summed E-state index contributed by atoms with van der Waals surface area (Å²) < 4.78 is 1.89. The first kappa shape index (κ1) is 16.6. The topological polar surface area (TPSA) is 75.9 Å². The molecule has 2 aliphatic rings. The number of carbonyl (C=O) groups excluding carboxylic acids is 1. The third-order valence-electron chi connectivity index (χ3n) is 4.71. The Hall–Kier alpha value is -1.83. The van der Waals surface area contributed by atoms with E-state index in [4.69, 9.17) is 9.97 Å². The second-order valence-corrected chi connectivity index (χ2v) is 7.86. The first-order chi connectivity index (χ1) is 12.3. The number of anilines is 1. The smallest absolute Gasteiger partial charge is 0.223 e. The van der Waals surface area contributed by atoms with Crippen molar-refractivity contribution in [3.8, 4) is 0 Å². The summed E-state index contributed by atoms with van der Waals surface area (Å²) in [5, 5.41) is 9.33. The molecule has 1 saturated heterocycles. The third kappa shape index (κ3) is 3.58. The first-order valence-corrected chi connectivity index (χ1v) is 10.1. The lowest BCUT2D eigenvalue weighted by Crippen LogP contribution is -2.28. The third-order valence-corrected chi connectivity index (χ3v) is 5.44. The van der Waals surface area contributed by atoms with E-state index in [1.165, 1.54) is 12.8 Å². The molecule has 1 N–H and O–H groups in total. The Kier molecular flexibility index (Phi) is 4.78. The van der Waals surface area contributed by atoms with E-state index in [-0.39, 0.29) is 11.8 Å². The number of carbonyl (C=O) groups is 1. The highest BCUT2D eigenvalue weighted by atomic mass is 32.2. The summed E-state index contributed by atoms with van der Waals surface area (Å²) in [6.07, 6.45) is 6.35. The summed E-state index contributed by atoms with van der Waals surface area (Å²) in [7, 11) is 0. The zero-order valence-corrected chi connectivity index (χ0v) is 15.4. The monoisotopic (exact) mass is 360 g/mol. The van der Waals surface area contributed by atoms with Crippen molar-refractivity contribution in [2.45, 2.75) is 44.3 Å². The van der Waals surface area contributed by atoms with Gasteiger partial charge < -0.3 is 10.2 Å². The summed E-state index contributed by atoms with van der Waals surface area (Å²) in [6, 6.07) is 0. The van der Waals surface area contributed by atoms with E-state index in [1.54, 1.807) is 11.8 Å². The summed E-state index contributed by atoms with van der Waals surface area (Å²) in [5.41, 5.74) is 0.869. The standard InChI is InChI=1S/C17H24N6OS/c1-2-25-17-20-14(22-8-3-4-9-22)13-11-19-23(15(13)21-17)10-7-18-16(24)12-5-6-12/h11-12H,2-10H2,1H3,(H,18,24). The zero-order valence-electron chi connectivity index (χ0n) is 14.6. The van der Waals surface area contributed by atoms with Gasteiger partial charge >= 0.3 is 0 Å². The molecule has 1 amide bonds. The SMILES string of the molecule is CCSc1nc(N2CCCC2)c2cnn(CCNC(=O)C3CC3)c2n1. The van der Waals surface area contributed by atoms with Gasteiger partial charge in [0.2, 0.25) is 5.91 Å². The van der Waals surface area contributed by atoms with Crippen LogP contribution in [0.4, 0.5) is 5.82 Å². The van der Waals surface area contributed by atoms with Crippen LogP contribution in [-0.2, 0) is 11.3 Å². The minimum Gasteiger partial charge on any atom is -0.356 e. The number of thioether (sulfide) groups is 1. The Morgan fingerprint density at radius 1 is 1.32 bits per heavy atom. The lowest BCUT2D eigenvalue weighted by molar-refractivity contribution is -0.122. The number of fused-ring (bicyclic) bond motifs is 1. The van der Waals surface area contributed by atoms with Gasteiger partial charge in [-0.15, -0.1) is 0 Å². The number of nitrogens with one attached hydrogen (secondary N) is 1. The van der Waals surface area contributed by atoms with Crippen LogP contribution in [0.15, 0.2) is 11.4 Å². The van der Waals surface area contributed by atoms with Crippen molar-refractivity contribution in [1.29, 1.82) is 0 Å². The fourth-order valence-corrected chi connectivity index (χ4v) is 3.78. The Morgan fingerprint density at radius 3 is 2.84 bits per heavy atom. The Morgan fingerprint density at radius 2 is 2.12 bits per heavy atom. The van der Waals surface area contributed by atoms with Crippen molar-refractivity contribution in [1.82, 2.24) is 25.1 Å². The van der Waals surface area contributed by atoms with Gasteiger partial charge in [-0.25, -0.2) is 14.6 Å². The molecule has 134 valence electrons. The molecule has 0 radical (unpaired) electrons. The number of nitrogens with zero attached hydrogens (tertiary/aromatic N) is 5. The van der Waals surface area contributed by atoms with E-state index in [0.717, 1.165) is 53.7 Å². The van der Waals surface area contributed by atoms with Gasteiger partial charge in [-0.05, 0) is 31.4 Å². The van der Waals surface area contributed by atoms with Crippen LogP contribution in [0.2, 0.25) is 0 Å². The quantitative estimate of drug-likeness (QED) is 0.602. The zero-order chi connectivity index (χ0) is 17.2. The van der Waals surface area contributed by atoms with Gasteiger partial charge in [-0.1, -0.05) is 18.7 Å². The van der Waals surface area contributed by atoms with Crippen LogP contribution in [0.1, 0.15) is 32.6 Å². The van der Waals surface area contributed by atoms with Gasteiger partial charge in [0.25, 0.3) is 0 Å². The molecule has 3 heterocycles. The number of aromatic nitrogens is 4. The largest absolute Gasteiger partial charge is 0.356 e. The van der Waals surface area contributed by atoms with Gasteiger partial charge in [-0.2, -0.15) is 5.10 Å². The van der Waals surface area contributed by atoms with Crippen molar-refractivity contribution in [3.05, 3.63) is 6.20 Å². The van der Waals surface area contributed by atoms with Crippen LogP contribution in [0.5, 0.6) is 0 Å². The van der Waals surface area contributed by atoms with Gasteiger partial charge in [0, 0.05) is 25.6 Å². The van der Waals surface area contributed by atoms with E-state index in [1.807, 2.05) is 10.9 Å². The van der Waals surface area contributed by atoms with E-state index in [2.05, 4.69) is 22.2 Å². The second kappa shape index (κ2) is 7.19. The number of rotatable bonds is 7. The molecule has 0 bridgehead atoms. The maximum absolute atomic E-state index is 11.8. The summed E-state index contributed by atoms with van der Waals surface area (Å²) in [4.78, 5) is 23.6. The molecule has 0 atom stereocenters. The van der Waals surface area contributed by atoms with E-state index < -0.39 is 0 Å². The first-order valence-electron chi connectivity index (χ1n) is 9.15. The van der Waals surface area contributed by atoms with Crippen molar-refractivity contribution >= 4 is 34.5 Å². The molecule has 0 unspecified atom stereocenters. The van der Waals surface area contributed by atoms with Crippen LogP contribution >= 0.6 is 11.8 Å². The van der Waals surface area contributed by atoms with Crippen molar-refractivity contribution in [2.75, 3.05) is 30.3 Å². The minimum absolute atomic E-state index is 0.172. The molecule has 2 aromatic rings. The number of hydrogen-bond donors (Lipinski definition) is 1. The highest BCUT2D eigenvalue weighted by Crippen LogP contribution is 2.30. The average molecular weight is 360 g/mol. The minimum atomic E-state index is 0.172. The Balaban J connectivity index is 1.57. The highest BCUT2D eigenvalue weighted by Gasteiger charge is 2.29. The molecule has 8 heteroatoms. The van der Waals surface area contributed by atoms with Gasteiger partial charge in [-0.3, -0.25) is 4.79 Å². The fraction of sp³-hybridized carbons (Fsp3) is 0.647. The molecule has 1 aliphatic carbocycles. The molecular formula is C17H24N6OS. The van der Waals surface area contributed by atoms with Gasteiger partial charge in [0.05, 0.1) is 18.1 Å². The Labute approximate surface area is 151 Å². The van der Waals surface area contributed by atoms with Crippen molar-refractivity contribution < 1.29 is 4.79 Å². The molecule has 4 rings (SSSR count). The predicted molar refractivity (Wildman–Crippen MR) is 98.9 cm³/mol. The molecule has 2 aromatic heterocycles. The fourth-order valence-electron chi connectivity index (χ4n) is 3.22. The maximum atomic E-state index is 11.8. The summed E-state index contributed by atoms with van der Waals surface area (Å²) in [6.45, 7) is 5.43. The molecule has 2 fully saturated rings. The lowest BCUT2D eigenvalue weighted by atomic mass is 10.3. The second-order valence-electron chi connectivity index (χ2n) is 6.63. The lowest BCUT2D eigenvalue weighted by Gasteiger charge is -2.17. The van der Waals surface area contributed by atoms with Crippen LogP contribution in [0, 0.1) is 5.92 Å². The molecule has 0 spiro atoms. The number of hydrogen-bond acceptors (Lipinski definition) is 6. The molecule has 1 aliphatic heterocycles. The Bertz CT molecular complexity index is 766. The van der Waals surface area contributed by atoms with Crippen LogP contribution in [-0.4, -0.2) is 51.0 Å². The molecule has 25 heavy (non-hydrogen) atoms. The molecule has 0 aromatic carbocycles. The summed E-state index contributed by atoms with van der Waals surface area (Å²) >= 11 is 1.66. The van der Waals surface area contributed by atoms with Crippen molar-refractivity contribution in [3.63, 3.8) is 0 Å². The van der Waals surface area contributed by atoms with E-state index >= 15 is 0 Å². The maximum Gasteiger partial charge on any atom is 0.223 e. The van der Waals surface area contributed by atoms with Gasteiger partial charge in [0.1, 0.15) is 5.82 Å². The predicted octanol–water partition coefficient (Wildman–Crippen LogP) is 2.06. The molecular weight excluding hydrogens is 336 g/mol. The molecule has 7 nitrogen and oxygen atoms in total. The van der Waals surface area contributed by atoms with E-state index in [9.17, 15) is 4.79 Å². The molecule has 1 saturated carbocycles. The van der Waals surface area contributed by atoms with Crippen LogP contribution in [0.3, 0.4) is 0 Å². The highest BCUT2D eigenvalue weighted by molar-refractivity contribution is 7.99.